The first kappa shape index (κ1) is 14.0. The molecule has 5 heteroatoms. The fourth-order valence-corrected chi connectivity index (χ4v) is 2.41. The van der Waals surface area contributed by atoms with Crippen LogP contribution >= 0.6 is 27.5 Å². The van der Waals surface area contributed by atoms with Crippen molar-refractivity contribution in [2.75, 3.05) is 5.73 Å². The highest BCUT2D eigenvalue weighted by Gasteiger charge is 2.08. The summed E-state index contributed by atoms with van der Waals surface area (Å²) in [6.45, 7) is 0. The van der Waals surface area contributed by atoms with Crippen molar-refractivity contribution < 1.29 is 0 Å². The van der Waals surface area contributed by atoms with Crippen LogP contribution in [0.5, 0.6) is 0 Å². The Balaban J connectivity index is 2.11. The van der Waals surface area contributed by atoms with E-state index in [0.717, 1.165) is 21.3 Å². The minimum atomic E-state index is 0.429. The van der Waals surface area contributed by atoms with Crippen LogP contribution < -0.4 is 5.73 Å². The molecule has 0 bridgehead atoms. The van der Waals surface area contributed by atoms with Crippen molar-refractivity contribution in [1.82, 2.24) is 9.97 Å². The molecule has 0 aliphatic rings. The summed E-state index contributed by atoms with van der Waals surface area (Å²) in [5.74, 6) is 0.987. The van der Waals surface area contributed by atoms with Crippen molar-refractivity contribution in [1.29, 1.82) is 0 Å². The molecule has 2 aromatic carbocycles. The zero-order valence-corrected chi connectivity index (χ0v) is 13.3. The summed E-state index contributed by atoms with van der Waals surface area (Å²) in [7, 11) is 0. The lowest BCUT2D eigenvalue weighted by Crippen LogP contribution is -1.98. The molecular formula is C16H11BrClN3. The average molecular weight is 361 g/mol. The van der Waals surface area contributed by atoms with E-state index in [2.05, 4.69) is 25.9 Å². The van der Waals surface area contributed by atoms with Gasteiger partial charge in [-0.05, 0) is 34.1 Å². The Bertz CT molecular complexity index is 791. The zero-order valence-electron chi connectivity index (χ0n) is 10.9. The topological polar surface area (TPSA) is 51.8 Å². The van der Waals surface area contributed by atoms with E-state index < -0.39 is 0 Å². The van der Waals surface area contributed by atoms with Gasteiger partial charge in [-0.15, -0.1) is 0 Å². The van der Waals surface area contributed by atoms with Crippen LogP contribution in [-0.2, 0) is 0 Å². The molecule has 1 heterocycles. The fraction of sp³-hybridized carbons (Fsp3) is 0. The van der Waals surface area contributed by atoms with Gasteiger partial charge in [0.1, 0.15) is 5.82 Å². The molecule has 3 rings (SSSR count). The van der Waals surface area contributed by atoms with Crippen LogP contribution in [0.15, 0.2) is 59.1 Å². The molecule has 0 unspecified atom stereocenters. The van der Waals surface area contributed by atoms with Crippen molar-refractivity contribution in [3.63, 3.8) is 0 Å². The third kappa shape index (κ3) is 3.06. The summed E-state index contributed by atoms with van der Waals surface area (Å²) < 4.78 is 0.833. The van der Waals surface area contributed by atoms with Crippen LogP contribution in [-0.4, -0.2) is 9.97 Å². The number of nitrogen functional groups attached to an aromatic ring is 1. The second-order valence-corrected chi connectivity index (χ2v) is 5.76. The van der Waals surface area contributed by atoms with E-state index in [9.17, 15) is 0 Å². The van der Waals surface area contributed by atoms with Gasteiger partial charge in [0, 0.05) is 21.7 Å². The highest BCUT2D eigenvalue weighted by atomic mass is 79.9. The summed E-state index contributed by atoms with van der Waals surface area (Å²) in [6.07, 6.45) is 0. The molecule has 0 spiro atoms. The highest BCUT2D eigenvalue weighted by molar-refractivity contribution is 9.10. The van der Waals surface area contributed by atoms with Gasteiger partial charge in [-0.2, -0.15) is 0 Å². The summed E-state index contributed by atoms with van der Waals surface area (Å²) in [4.78, 5) is 8.87. The van der Waals surface area contributed by atoms with Crippen LogP contribution in [0.25, 0.3) is 22.6 Å². The maximum atomic E-state index is 6.13. The van der Waals surface area contributed by atoms with Crippen LogP contribution in [0.4, 0.5) is 5.82 Å². The summed E-state index contributed by atoms with van der Waals surface area (Å²) in [5.41, 5.74) is 8.52. The lowest BCUT2D eigenvalue weighted by atomic mass is 10.1. The molecule has 2 N–H and O–H groups in total. The van der Waals surface area contributed by atoms with Crippen molar-refractivity contribution in [2.45, 2.75) is 0 Å². The lowest BCUT2D eigenvalue weighted by Gasteiger charge is -2.07. The molecule has 3 nitrogen and oxygen atoms in total. The first-order valence-corrected chi connectivity index (χ1v) is 7.46. The molecule has 1 aromatic heterocycles. The summed E-state index contributed by atoms with van der Waals surface area (Å²) >= 11 is 9.50. The van der Waals surface area contributed by atoms with E-state index >= 15 is 0 Å². The van der Waals surface area contributed by atoms with Gasteiger partial charge in [-0.25, -0.2) is 9.97 Å². The maximum Gasteiger partial charge on any atom is 0.162 e. The Morgan fingerprint density at radius 2 is 1.67 bits per heavy atom. The van der Waals surface area contributed by atoms with Gasteiger partial charge in [-0.1, -0.05) is 41.9 Å². The number of halogens is 2. The fourth-order valence-electron chi connectivity index (χ4n) is 1.99. The minimum absolute atomic E-state index is 0.429. The SMILES string of the molecule is Nc1cc(-c2ccccc2)nc(-c2ccc(Br)c(Cl)c2)n1. The predicted octanol–water partition coefficient (Wildman–Crippen LogP) is 4.81. The number of hydrogen-bond acceptors (Lipinski definition) is 3. The molecule has 0 saturated carbocycles. The molecule has 0 atom stereocenters. The average Bonchev–Trinajstić information content (AvgIpc) is 2.50. The number of aromatic nitrogens is 2. The van der Waals surface area contributed by atoms with E-state index in [-0.39, 0.29) is 0 Å². The van der Waals surface area contributed by atoms with Gasteiger partial charge in [0.2, 0.25) is 0 Å². The van der Waals surface area contributed by atoms with Crippen LogP contribution in [0.1, 0.15) is 0 Å². The lowest BCUT2D eigenvalue weighted by molar-refractivity contribution is 1.19. The Morgan fingerprint density at radius 3 is 2.38 bits per heavy atom. The van der Waals surface area contributed by atoms with Gasteiger partial charge >= 0.3 is 0 Å². The molecular weight excluding hydrogens is 350 g/mol. The van der Waals surface area contributed by atoms with E-state index in [1.165, 1.54) is 0 Å². The molecule has 21 heavy (non-hydrogen) atoms. The molecule has 0 aliphatic heterocycles. The third-order valence-corrected chi connectivity index (χ3v) is 4.23. The second-order valence-electron chi connectivity index (χ2n) is 4.50. The van der Waals surface area contributed by atoms with E-state index in [1.807, 2.05) is 48.5 Å². The van der Waals surface area contributed by atoms with E-state index in [1.54, 1.807) is 6.07 Å². The first-order valence-electron chi connectivity index (χ1n) is 6.29. The number of anilines is 1. The molecule has 0 aliphatic carbocycles. The molecule has 0 fully saturated rings. The van der Waals surface area contributed by atoms with Crippen molar-refractivity contribution in [2.24, 2.45) is 0 Å². The maximum absolute atomic E-state index is 6.13. The zero-order chi connectivity index (χ0) is 14.8. The third-order valence-electron chi connectivity index (χ3n) is 2.99. The number of nitrogens with zero attached hydrogens (tertiary/aromatic N) is 2. The monoisotopic (exact) mass is 359 g/mol. The Kier molecular flexibility index (Phi) is 3.90. The van der Waals surface area contributed by atoms with Crippen molar-refractivity contribution in [3.05, 3.63) is 64.1 Å². The van der Waals surface area contributed by atoms with Crippen molar-refractivity contribution >= 4 is 33.3 Å². The Morgan fingerprint density at radius 1 is 0.905 bits per heavy atom. The molecule has 104 valence electrons. The number of benzene rings is 2. The summed E-state index contributed by atoms with van der Waals surface area (Å²) in [5, 5.41) is 0.611. The second kappa shape index (κ2) is 5.84. The van der Waals surface area contributed by atoms with E-state index in [0.29, 0.717) is 16.7 Å². The minimum Gasteiger partial charge on any atom is -0.384 e. The largest absolute Gasteiger partial charge is 0.384 e. The Hall–Kier alpha value is -1.91. The first-order chi connectivity index (χ1) is 10.1. The van der Waals surface area contributed by atoms with Gasteiger partial charge < -0.3 is 5.73 Å². The quantitative estimate of drug-likeness (QED) is 0.713. The van der Waals surface area contributed by atoms with Gasteiger partial charge in [0.05, 0.1) is 10.7 Å². The van der Waals surface area contributed by atoms with Crippen LogP contribution in [0.3, 0.4) is 0 Å². The van der Waals surface area contributed by atoms with Crippen LogP contribution in [0, 0.1) is 0 Å². The number of nitrogens with two attached hydrogens (primary N) is 1. The number of rotatable bonds is 2. The molecule has 0 saturated heterocycles. The van der Waals surface area contributed by atoms with Gasteiger partial charge in [0.15, 0.2) is 5.82 Å². The summed E-state index contributed by atoms with van der Waals surface area (Å²) in [6, 6.07) is 17.2. The molecule has 0 radical (unpaired) electrons. The van der Waals surface area contributed by atoms with Gasteiger partial charge in [-0.3, -0.25) is 0 Å². The smallest absolute Gasteiger partial charge is 0.162 e. The number of hydrogen-bond donors (Lipinski definition) is 1. The standard InChI is InChI=1S/C16H11BrClN3/c17-12-7-6-11(8-13(12)18)16-20-14(9-15(19)21-16)10-4-2-1-3-5-10/h1-9H,(H2,19,20,21). The van der Waals surface area contributed by atoms with Gasteiger partial charge in [0.25, 0.3) is 0 Å². The normalized spacial score (nSPS) is 10.6. The Labute approximate surface area is 135 Å². The van der Waals surface area contributed by atoms with Crippen molar-refractivity contribution in [3.8, 4) is 22.6 Å². The highest BCUT2D eigenvalue weighted by Crippen LogP contribution is 2.29. The van der Waals surface area contributed by atoms with Crippen LogP contribution in [0.2, 0.25) is 5.02 Å². The van der Waals surface area contributed by atoms with E-state index in [4.69, 9.17) is 17.3 Å². The molecule has 0 amide bonds. The molecule has 3 aromatic rings. The predicted molar refractivity (Wildman–Crippen MR) is 90.0 cm³/mol.